The fraction of sp³-hybridized carbons (Fsp3) is 0.381. The van der Waals surface area contributed by atoms with E-state index in [1.165, 1.54) is 0 Å². The Labute approximate surface area is 153 Å². The van der Waals surface area contributed by atoms with Gasteiger partial charge in [0.2, 0.25) is 0 Å². The molecule has 5 rings (SSSR count). The van der Waals surface area contributed by atoms with Gasteiger partial charge in [0.1, 0.15) is 5.75 Å². The molecule has 3 aliphatic rings. The minimum atomic E-state index is -0.869. The van der Waals surface area contributed by atoms with E-state index < -0.39 is 6.09 Å². The van der Waals surface area contributed by atoms with Crippen molar-refractivity contribution in [3.8, 4) is 16.9 Å². The number of anilines is 1. The molecular weight excluding hydrogens is 328 g/mol. The quantitative estimate of drug-likeness (QED) is 0.905. The second kappa shape index (κ2) is 7.00. The number of amides is 1. The van der Waals surface area contributed by atoms with E-state index in [1.54, 1.807) is 12.0 Å². The first-order valence-electron chi connectivity index (χ1n) is 9.15. The van der Waals surface area contributed by atoms with Crippen molar-refractivity contribution >= 4 is 11.8 Å². The smallest absolute Gasteiger partial charge is 0.412 e. The maximum absolute atomic E-state index is 12.1. The predicted molar refractivity (Wildman–Crippen MR) is 102 cm³/mol. The molecule has 5 nitrogen and oxygen atoms in total. The fourth-order valence-corrected chi connectivity index (χ4v) is 4.31. The Bertz CT molecular complexity index is 799. The molecule has 136 valence electrons. The van der Waals surface area contributed by atoms with Crippen molar-refractivity contribution in [2.45, 2.75) is 18.9 Å². The van der Waals surface area contributed by atoms with E-state index in [1.807, 2.05) is 48.5 Å². The zero-order valence-corrected chi connectivity index (χ0v) is 15.0. The van der Waals surface area contributed by atoms with Gasteiger partial charge in [0.15, 0.2) is 0 Å². The van der Waals surface area contributed by atoms with E-state index in [0.29, 0.717) is 5.92 Å². The van der Waals surface area contributed by atoms with Gasteiger partial charge in [0, 0.05) is 12.2 Å². The molecule has 3 heterocycles. The van der Waals surface area contributed by atoms with Crippen LogP contribution in [0.1, 0.15) is 12.8 Å². The second-order valence-corrected chi connectivity index (χ2v) is 7.14. The van der Waals surface area contributed by atoms with Crippen LogP contribution < -0.4 is 9.64 Å². The lowest BCUT2D eigenvalue weighted by molar-refractivity contribution is 0.0837. The predicted octanol–water partition coefficient (Wildman–Crippen LogP) is 3.94. The van der Waals surface area contributed by atoms with Crippen molar-refractivity contribution in [2.75, 3.05) is 31.6 Å². The lowest BCUT2D eigenvalue weighted by Gasteiger charge is -2.48. The van der Waals surface area contributed by atoms with Crippen LogP contribution in [0.4, 0.5) is 10.5 Å². The summed E-state index contributed by atoms with van der Waals surface area (Å²) in [5.74, 6) is 1.25. The highest BCUT2D eigenvalue weighted by Gasteiger charge is 2.40. The highest BCUT2D eigenvalue weighted by atomic mass is 16.5. The van der Waals surface area contributed by atoms with E-state index in [0.717, 1.165) is 55.0 Å². The molecule has 0 aliphatic carbocycles. The Hall–Kier alpha value is -2.53. The van der Waals surface area contributed by atoms with Gasteiger partial charge in [-0.15, -0.1) is 0 Å². The first-order chi connectivity index (χ1) is 12.7. The molecule has 3 fully saturated rings. The van der Waals surface area contributed by atoms with Gasteiger partial charge in [0.05, 0.1) is 13.2 Å². The summed E-state index contributed by atoms with van der Waals surface area (Å²) in [5, 5.41) is 9.94. The number of hydrogen-bond acceptors (Lipinski definition) is 3. The molecule has 0 radical (unpaired) electrons. The lowest BCUT2D eigenvalue weighted by atomic mass is 9.83. The van der Waals surface area contributed by atoms with Crippen molar-refractivity contribution < 1.29 is 14.6 Å². The molecule has 2 aromatic rings. The minimum absolute atomic E-state index is 0.0376. The molecule has 0 spiro atoms. The Kier molecular flexibility index (Phi) is 4.55. The third-order valence-electron chi connectivity index (χ3n) is 5.69. The van der Waals surface area contributed by atoms with E-state index in [4.69, 9.17) is 4.74 Å². The summed E-state index contributed by atoms with van der Waals surface area (Å²) in [5.41, 5.74) is 2.76. The third-order valence-corrected chi connectivity index (χ3v) is 5.69. The SMILES string of the molecule is COc1cccc(-c2cccc(N(C(=O)O)C3CN4CCC3CC4)c2)c1. The average Bonchev–Trinajstić information content (AvgIpc) is 2.69. The second-order valence-electron chi connectivity index (χ2n) is 7.14. The van der Waals surface area contributed by atoms with E-state index in [2.05, 4.69) is 4.90 Å². The first kappa shape index (κ1) is 16.9. The Balaban J connectivity index is 1.68. The van der Waals surface area contributed by atoms with Crippen LogP contribution in [-0.4, -0.2) is 48.9 Å². The Morgan fingerprint density at radius 2 is 1.81 bits per heavy atom. The Morgan fingerprint density at radius 1 is 1.12 bits per heavy atom. The van der Waals surface area contributed by atoms with Gasteiger partial charge in [-0.1, -0.05) is 24.3 Å². The summed E-state index contributed by atoms with van der Waals surface area (Å²) >= 11 is 0. The van der Waals surface area contributed by atoms with Crippen LogP contribution in [0, 0.1) is 5.92 Å². The van der Waals surface area contributed by atoms with Gasteiger partial charge < -0.3 is 14.7 Å². The van der Waals surface area contributed by atoms with Crippen LogP contribution in [-0.2, 0) is 0 Å². The van der Waals surface area contributed by atoms with Gasteiger partial charge in [-0.3, -0.25) is 4.90 Å². The van der Waals surface area contributed by atoms with Crippen LogP contribution in [0.25, 0.3) is 11.1 Å². The molecule has 2 aromatic carbocycles. The van der Waals surface area contributed by atoms with Crippen LogP contribution in [0.5, 0.6) is 5.75 Å². The summed E-state index contributed by atoms with van der Waals surface area (Å²) < 4.78 is 5.31. The monoisotopic (exact) mass is 352 g/mol. The summed E-state index contributed by atoms with van der Waals surface area (Å²) in [6.07, 6.45) is 1.31. The number of benzene rings is 2. The minimum Gasteiger partial charge on any atom is -0.497 e. The van der Waals surface area contributed by atoms with Crippen molar-refractivity contribution in [1.82, 2.24) is 4.90 Å². The van der Waals surface area contributed by atoms with Gasteiger partial charge in [-0.25, -0.2) is 4.79 Å². The maximum Gasteiger partial charge on any atom is 0.412 e. The number of carboxylic acid groups (broad SMARTS) is 1. The summed E-state index contributed by atoms with van der Waals surface area (Å²) in [7, 11) is 1.65. The molecule has 3 saturated heterocycles. The Morgan fingerprint density at radius 3 is 2.42 bits per heavy atom. The van der Waals surface area contributed by atoms with Gasteiger partial charge in [-0.05, 0) is 67.2 Å². The fourth-order valence-electron chi connectivity index (χ4n) is 4.31. The normalized spacial score (nSPS) is 24.3. The topological polar surface area (TPSA) is 53.0 Å². The summed E-state index contributed by atoms with van der Waals surface area (Å²) in [4.78, 5) is 16.1. The van der Waals surface area contributed by atoms with E-state index >= 15 is 0 Å². The molecule has 1 N–H and O–H groups in total. The summed E-state index contributed by atoms with van der Waals surface area (Å²) in [6, 6.07) is 15.7. The number of nitrogens with zero attached hydrogens (tertiary/aromatic N) is 2. The summed E-state index contributed by atoms with van der Waals surface area (Å²) in [6.45, 7) is 3.03. The number of ether oxygens (including phenoxy) is 1. The number of fused-ring (bicyclic) bond motifs is 3. The van der Waals surface area contributed by atoms with Crippen LogP contribution in [0.3, 0.4) is 0 Å². The molecule has 1 amide bonds. The molecule has 0 saturated carbocycles. The molecule has 0 aromatic heterocycles. The van der Waals surface area contributed by atoms with Crippen LogP contribution in [0.15, 0.2) is 48.5 Å². The largest absolute Gasteiger partial charge is 0.497 e. The van der Waals surface area contributed by atoms with Crippen LogP contribution >= 0.6 is 0 Å². The molecule has 2 bridgehead atoms. The average molecular weight is 352 g/mol. The standard InChI is InChI=1S/C21H24N2O3/c1-26-19-7-3-5-17(13-19)16-4-2-6-18(12-16)23(21(24)25)20-14-22-10-8-15(20)9-11-22/h2-7,12-13,15,20H,8-11,14H2,1H3,(H,24,25). The zero-order chi connectivity index (χ0) is 18.1. The lowest BCUT2D eigenvalue weighted by Crippen LogP contribution is -2.58. The molecule has 1 atom stereocenters. The van der Waals surface area contributed by atoms with E-state index in [9.17, 15) is 9.90 Å². The van der Waals surface area contributed by atoms with Crippen LogP contribution in [0.2, 0.25) is 0 Å². The highest BCUT2D eigenvalue weighted by molar-refractivity contribution is 5.88. The number of methoxy groups -OCH3 is 1. The number of rotatable bonds is 4. The van der Waals surface area contributed by atoms with Crippen molar-refractivity contribution in [3.63, 3.8) is 0 Å². The van der Waals surface area contributed by atoms with E-state index in [-0.39, 0.29) is 6.04 Å². The van der Waals surface area contributed by atoms with Gasteiger partial charge >= 0.3 is 6.09 Å². The van der Waals surface area contributed by atoms with Crippen molar-refractivity contribution in [1.29, 1.82) is 0 Å². The van der Waals surface area contributed by atoms with Crippen molar-refractivity contribution in [2.24, 2.45) is 5.92 Å². The zero-order valence-electron chi connectivity index (χ0n) is 15.0. The number of carbonyl (C=O) groups is 1. The molecule has 26 heavy (non-hydrogen) atoms. The highest BCUT2D eigenvalue weighted by Crippen LogP contribution is 2.35. The third kappa shape index (κ3) is 3.15. The molecular formula is C21H24N2O3. The number of hydrogen-bond donors (Lipinski definition) is 1. The van der Waals surface area contributed by atoms with Crippen molar-refractivity contribution in [3.05, 3.63) is 48.5 Å². The van der Waals surface area contributed by atoms with Gasteiger partial charge in [-0.2, -0.15) is 0 Å². The maximum atomic E-state index is 12.1. The number of piperidine rings is 3. The van der Waals surface area contributed by atoms with Gasteiger partial charge in [0.25, 0.3) is 0 Å². The molecule has 1 unspecified atom stereocenters. The molecule has 5 heteroatoms. The molecule has 3 aliphatic heterocycles. The first-order valence-corrected chi connectivity index (χ1v) is 9.15.